The molecule has 0 N–H and O–H groups in total. The monoisotopic (exact) mass is 354 g/mol. The van der Waals surface area contributed by atoms with E-state index in [-0.39, 0.29) is 17.7 Å². The minimum atomic E-state index is -0.394. The highest BCUT2D eigenvalue weighted by molar-refractivity contribution is 6.47. The maximum atomic E-state index is 12.3. The summed E-state index contributed by atoms with van der Waals surface area (Å²) in [6.07, 6.45) is 4.65. The van der Waals surface area contributed by atoms with Crippen molar-refractivity contribution < 1.29 is 18.8 Å². The highest BCUT2D eigenvalue weighted by Gasteiger charge is 2.66. The lowest BCUT2D eigenvalue weighted by Gasteiger charge is -2.63. The maximum absolute atomic E-state index is 12.3. The van der Waals surface area contributed by atoms with E-state index in [1.807, 2.05) is 36.4 Å². The Hall–Kier alpha value is -1.59. The van der Waals surface area contributed by atoms with Gasteiger partial charge in [-0.2, -0.15) is 0 Å². The van der Waals surface area contributed by atoms with E-state index in [4.69, 9.17) is 14.0 Å². The third-order valence-electron chi connectivity index (χ3n) is 6.84. The summed E-state index contributed by atoms with van der Waals surface area (Å²) in [5, 5.41) is 0. The first-order chi connectivity index (χ1) is 12.3. The fraction of sp³-hybridized carbons (Fsp3) is 0.571. The third kappa shape index (κ3) is 2.82. The summed E-state index contributed by atoms with van der Waals surface area (Å²) in [5.74, 6) is 0.915. The summed E-state index contributed by atoms with van der Waals surface area (Å²) in [6.45, 7) is 6.86. The Morgan fingerprint density at radius 1 is 1.31 bits per heavy atom. The fourth-order valence-corrected chi connectivity index (χ4v) is 5.14. The van der Waals surface area contributed by atoms with E-state index < -0.39 is 7.12 Å². The van der Waals surface area contributed by atoms with E-state index in [2.05, 4.69) is 20.8 Å². The molecule has 4 fully saturated rings. The predicted octanol–water partition coefficient (Wildman–Crippen LogP) is 3.97. The van der Waals surface area contributed by atoms with Crippen LogP contribution in [0, 0.1) is 17.3 Å². The maximum Gasteiger partial charge on any atom is 0.462 e. The van der Waals surface area contributed by atoms with Gasteiger partial charge < -0.3 is 14.0 Å². The van der Waals surface area contributed by atoms with Crippen LogP contribution in [-0.4, -0.2) is 31.9 Å². The van der Waals surface area contributed by atoms with Gasteiger partial charge in [-0.1, -0.05) is 44.2 Å². The second-order valence-corrected chi connectivity index (χ2v) is 8.76. The minimum absolute atomic E-state index is 0.114. The van der Waals surface area contributed by atoms with E-state index in [1.165, 1.54) is 13.5 Å². The average molecular weight is 354 g/mol. The van der Waals surface area contributed by atoms with Crippen molar-refractivity contribution in [2.45, 2.75) is 51.6 Å². The zero-order valence-electron chi connectivity index (χ0n) is 16.0. The van der Waals surface area contributed by atoms with Crippen molar-refractivity contribution in [3.8, 4) is 0 Å². The van der Waals surface area contributed by atoms with Gasteiger partial charge >= 0.3 is 13.1 Å². The van der Waals surface area contributed by atoms with Crippen LogP contribution in [-0.2, 0) is 18.8 Å². The Kier molecular flexibility index (Phi) is 4.28. The van der Waals surface area contributed by atoms with Gasteiger partial charge in [0.15, 0.2) is 0 Å². The quantitative estimate of drug-likeness (QED) is 0.466. The van der Waals surface area contributed by atoms with Gasteiger partial charge in [0.1, 0.15) is 0 Å². The van der Waals surface area contributed by atoms with Crippen LogP contribution in [0.3, 0.4) is 0 Å². The lowest BCUT2D eigenvalue weighted by atomic mass is 9.45. The van der Waals surface area contributed by atoms with Crippen LogP contribution >= 0.6 is 0 Å². The Morgan fingerprint density at radius 2 is 2.04 bits per heavy atom. The molecule has 4 aliphatic rings. The van der Waals surface area contributed by atoms with Crippen molar-refractivity contribution >= 4 is 19.2 Å². The Morgan fingerprint density at radius 3 is 2.69 bits per heavy atom. The zero-order valence-corrected chi connectivity index (χ0v) is 16.0. The second-order valence-electron chi connectivity index (χ2n) is 8.76. The number of hydrogen-bond acceptors (Lipinski definition) is 4. The summed E-state index contributed by atoms with van der Waals surface area (Å²) in [4.78, 5) is 12.3. The van der Waals surface area contributed by atoms with Crippen LogP contribution in [0.4, 0.5) is 0 Å². The highest BCUT2D eigenvalue weighted by atomic mass is 16.7. The average Bonchev–Trinajstić information content (AvgIpc) is 2.96. The summed E-state index contributed by atoms with van der Waals surface area (Å²) in [7, 11) is 1.02. The number of carbonyl (C=O) groups is 1. The first-order valence-electron chi connectivity index (χ1n) is 9.51. The van der Waals surface area contributed by atoms with E-state index in [1.54, 1.807) is 0 Å². The summed E-state index contributed by atoms with van der Waals surface area (Å²) in [5.41, 5.74) is 1.64. The highest BCUT2D eigenvalue weighted by Crippen LogP contribution is 2.64. The Balaban J connectivity index is 1.53. The molecule has 0 aromatic heterocycles. The number of hydrogen-bond donors (Lipinski definition) is 0. The number of rotatable bonds is 4. The molecule has 1 aromatic carbocycles. The van der Waals surface area contributed by atoms with Gasteiger partial charge in [-0.3, -0.25) is 0 Å². The molecule has 2 bridgehead atoms. The van der Waals surface area contributed by atoms with E-state index in [0.717, 1.165) is 12.0 Å². The van der Waals surface area contributed by atoms with Gasteiger partial charge in [0.05, 0.1) is 18.8 Å². The van der Waals surface area contributed by atoms with Gasteiger partial charge in [-0.05, 0) is 48.7 Å². The Bertz CT molecular complexity index is 729. The molecular formula is C21H27BO4. The number of carbonyl (C=O) groups excluding carboxylic acids is 1. The van der Waals surface area contributed by atoms with Crippen LogP contribution in [0.5, 0.6) is 0 Å². The molecule has 26 heavy (non-hydrogen) atoms. The van der Waals surface area contributed by atoms with Gasteiger partial charge in [0, 0.05) is 11.9 Å². The molecule has 0 radical (unpaired) electrons. The van der Waals surface area contributed by atoms with Crippen LogP contribution < -0.4 is 0 Å². The summed E-state index contributed by atoms with van der Waals surface area (Å²) in [6, 6.07) is 9.80. The topological polar surface area (TPSA) is 44.8 Å². The van der Waals surface area contributed by atoms with Gasteiger partial charge in [-0.25, -0.2) is 4.79 Å². The van der Waals surface area contributed by atoms with Crippen molar-refractivity contribution in [2.75, 3.05) is 7.11 Å². The van der Waals surface area contributed by atoms with Crippen LogP contribution in [0.2, 0.25) is 6.32 Å². The SMILES string of the molecule is COC(=O)/C(=C/c1ccccc1)CB1O[C@H]2C3CC(C[C@@]2(C)O1)C3(C)C. The van der Waals surface area contributed by atoms with Crippen molar-refractivity contribution in [1.29, 1.82) is 0 Å². The Labute approximate surface area is 156 Å². The molecule has 1 saturated heterocycles. The number of methoxy groups -OCH3 is 1. The normalized spacial score (nSPS) is 34.8. The lowest BCUT2D eigenvalue weighted by molar-refractivity contribution is -0.185. The van der Waals surface area contributed by atoms with Crippen molar-refractivity contribution in [1.82, 2.24) is 0 Å². The molecule has 2 unspecified atom stereocenters. The molecule has 4 nitrogen and oxygen atoms in total. The fourth-order valence-electron chi connectivity index (χ4n) is 5.14. The standard InChI is InChI=1S/C21H27BO4/c1-20(2)16-11-17(20)18-21(3,12-16)26-22(25-18)13-15(19(23)24-4)10-14-8-6-5-7-9-14/h5-10,16-18H,11-13H2,1-4H3/b15-10+/t16?,17?,18-,21+/m0/s1. The largest absolute Gasteiger partial charge is 0.466 e. The van der Waals surface area contributed by atoms with Crippen LogP contribution in [0.25, 0.3) is 6.08 Å². The molecule has 5 rings (SSSR count). The number of benzene rings is 1. The molecule has 3 aliphatic carbocycles. The van der Waals surface area contributed by atoms with Crippen LogP contribution in [0.1, 0.15) is 39.2 Å². The molecule has 1 aromatic rings. The lowest BCUT2D eigenvalue weighted by Crippen LogP contribution is -2.63. The van der Waals surface area contributed by atoms with Gasteiger partial charge in [-0.15, -0.1) is 0 Å². The molecule has 3 saturated carbocycles. The van der Waals surface area contributed by atoms with Crippen LogP contribution in [0.15, 0.2) is 35.9 Å². The second kappa shape index (κ2) is 6.24. The van der Waals surface area contributed by atoms with E-state index >= 15 is 0 Å². The zero-order chi connectivity index (χ0) is 18.5. The first kappa shape index (κ1) is 17.8. The molecule has 1 heterocycles. The summed E-state index contributed by atoms with van der Waals surface area (Å²) >= 11 is 0. The predicted molar refractivity (Wildman–Crippen MR) is 101 cm³/mol. The van der Waals surface area contributed by atoms with E-state index in [0.29, 0.717) is 29.1 Å². The van der Waals surface area contributed by atoms with Crippen molar-refractivity contribution in [3.63, 3.8) is 0 Å². The first-order valence-corrected chi connectivity index (χ1v) is 9.51. The molecule has 0 spiro atoms. The van der Waals surface area contributed by atoms with E-state index in [9.17, 15) is 4.79 Å². The molecule has 0 amide bonds. The number of ether oxygens (including phenoxy) is 1. The van der Waals surface area contributed by atoms with Crippen molar-refractivity contribution in [2.24, 2.45) is 17.3 Å². The molecule has 1 aliphatic heterocycles. The van der Waals surface area contributed by atoms with Crippen molar-refractivity contribution in [3.05, 3.63) is 41.5 Å². The molecule has 138 valence electrons. The van der Waals surface area contributed by atoms with Gasteiger partial charge in [0.25, 0.3) is 0 Å². The molecular weight excluding hydrogens is 327 g/mol. The smallest absolute Gasteiger partial charge is 0.462 e. The number of esters is 1. The molecule has 4 atom stereocenters. The third-order valence-corrected chi connectivity index (χ3v) is 6.84. The minimum Gasteiger partial charge on any atom is -0.466 e. The van der Waals surface area contributed by atoms with Gasteiger partial charge in [0.2, 0.25) is 0 Å². The summed E-state index contributed by atoms with van der Waals surface area (Å²) < 4.78 is 17.7. The molecule has 5 heteroatoms.